The van der Waals surface area contributed by atoms with Crippen molar-refractivity contribution in [3.63, 3.8) is 0 Å². The molecule has 0 aromatic heterocycles. The lowest BCUT2D eigenvalue weighted by atomic mass is 9.96. The van der Waals surface area contributed by atoms with Gasteiger partial charge in [-0.3, -0.25) is 4.79 Å². The summed E-state index contributed by atoms with van der Waals surface area (Å²) in [7, 11) is 0. The Hall–Kier alpha value is -0.530. The Labute approximate surface area is 123 Å². The van der Waals surface area contributed by atoms with Crippen LogP contribution < -0.4 is 0 Å². The van der Waals surface area contributed by atoms with Crippen LogP contribution in [0.2, 0.25) is 10.0 Å². The van der Waals surface area contributed by atoms with Gasteiger partial charge in [0.25, 0.3) is 0 Å². The number of ketones is 1. The van der Waals surface area contributed by atoms with E-state index in [1.807, 2.05) is 12.1 Å². The zero-order valence-corrected chi connectivity index (χ0v) is 12.1. The number of hydrogen-bond acceptors (Lipinski definition) is 1. The molecule has 3 aliphatic rings. The van der Waals surface area contributed by atoms with Gasteiger partial charge in [0.05, 0.1) is 0 Å². The first-order valence-electron chi connectivity index (χ1n) is 7.12. The van der Waals surface area contributed by atoms with E-state index in [-0.39, 0.29) is 0 Å². The van der Waals surface area contributed by atoms with Crippen molar-refractivity contribution in [2.45, 2.75) is 25.7 Å². The number of carbonyl (C=O) groups excluding carboxylic acids is 1. The summed E-state index contributed by atoms with van der Waals surface area (Å²) in [6.07, 6.45) is 4.59. The fourth-order valence-corrected chi connectivity index (χ4v) is 5.20. The smallest absolute Gasteiger partial charge is 0.140 e. The Morgan fingerprint density at radius 2 is 1.84 bits per heavy atom. The molecule has 0 radical (unpaired) electrons. The molecule has 3 saturated carbocycles. The van der Waals surface area contributed by atoms with Crippen LogP contribution in [0.15, 0.2) is 18.2 Å². The van der Waals surface area contributed by atoms with Gasteiger partial charge >= 0.3 is 0 Å². The van der Waals surface area contributed by atoms with Gasteiger partial charge in [-0.1, -0.05) is 29.3 Å². The standard InChI is InChI=1S/C16H16Cl2O/c17-11-4-3-8(12(18)7-11)6-13(19)16-14-9-1-2-10(5-9)15(14)16/h3-4,7,9-10,14-16H,1-2,5-6H2. The second-order valence-electron chi connectivity index (χ2n) is 6.39. The highest BCUT2D eigenvalue weighted by molar-refractivity contribution is 6.35. The summed E-state index contributed by atoms with van der Waals surface area (Å²) >= 11 is 12.0. The molecule has 100 valence electrons. The van der Waals surface area contributed by atoms with Gasteiger partial charge in [-0.15, -0.1) is 0 Å². The van der Waals surface area contributed by atoms with E-state index < -0.39 is 0 Å². The fraction of sp³-hybridized carbons (Fsp3) is 0.562. The monoisotopic (exact) mass is 294 g/mol. The molecule has 4 unspecified atom stereocenters. The van der Waals surface area contributed by atoms with Crippen LogP contribution in [0.25, 0.3) is 0 Å². The predicted octanol–water partition coefficient (Wildman–Crippen LogP) is 4.40. The largest absolute Gasteiger partial charge is 0.299 e. The molecule has 19 heavy (non-hydrogen) atoms. The summed E-state index contributed by atoms with van der Waals surface area (Å²) in [5.41, 5.74) is 0.924. The average Bonchev–Trinajstić information content (AvgIpc) is 2.82. The minimum atomic E-state index is 0.345. The molecule has 3 fully saturated rings. The first kappa shape index (κ1) is 12.2. The van der Waals surface area contributed by atoms with Crippen LogP contribution in [0.1, 0.15) is 24.8 Å². The number of benzene rings is 1. The third-order valence-electron chi connectivity index (χ3n) is 5.49. The van der Waals surface area contributed by atoms with E-state index in [9.17, 15) is 4.79 Å². The van der Waals surface area contributed by atoms with Gasteiger partial charge in [0.1, 0.15) is 5.78 Å². The molecule has 4 atom stereocenters. The lowest BCUT2D eigenvalue weighted by molar-refractivity contribution is -0.120. The Balaban J connectivity index is 1.48. The summed E-state index contributed by atoms with van der Waals surface area (Å²) in [6, 6.07) is 5.42. The van der Waals surface area contributed by atoms with Crippen LogP contribution >= 0.6 is 23.2 Å². The number of hydrogen-bond donors (Lipinski definition) is 0. The summed E-state index contributed by atoms with van der Waals surface area (Å²) in [5, 5.41) is 1.25. The van der Waals surface area contributed by atoms with E-state index >= 15 is 0 Å². The molecule has 0 heterocycles. The second-order valence-corrected chi connectivity index (χ2v) is 7.24. The second kappa shape index (κ2) is 4.23. The van der Waals surface area contributed by atoms with Gasteiger partial charge in [-0.2, -0.15) is 0 Å². The summed E-state index contributed by atoms with van der Waals surface area (Å²) < 4.78 is 0. The SMILES string of the molecule is O=C(Cc1ccc(Cl)cc1Cl)C1C2C3CCC(C3)C12. The van der Waals surface area contributed by atoms with Crippen molar-refractivity contribution in [1.82, 2.24) is 0 Å². The molecular formula is C16H16Cl2O. The van der Waals surface area contributed by atoms with E-state index in [4.69, 9.17) is 23.2 Å². The molecule has 0 N–H and O–H groups in total. The number of carbonyl (C=O) groups is 1. The maximum atomic E-state index is 12.5. The molecule has 4 rings (SSSR count). The summed E-state index contributed by atoms with van der Waals surface area (Å²) in [5.74, 6) is 3.89. The van der Waals surface area contributed by atoms with Gasteiger partial charge in [-0.25, -0.2) is 0 Å². The summed E-state index contributed by atoms with van der Waals surface area (Å²) in [4.78, 5) is 12.5. The lowest BCUT2D eigenvalue weighted by Crippen LogP contribution is -2.12. The van der Waals surface area contributed by atoms with E-state index in [2.05, 4.69) is 0 Å². The highest BCUT2D eigenvalue weighted by Gasteiger charge is 2.66. The molecule has 1 aromatic rings. The molecule has 3 heteroatoms. The van der Waals surface area contributed by atoms with Gasteiger partial charge in [0.15, 0.2) is 0 Å². The lowest BCUT2D eigenvalue weighted by Gasteiger charge is -2.09. The van der Waals surface area contributed by atoms with Crippen LogP contribution in [0.3, 0.4) is 0 Å². The minimum Gasteiger partial charge on any atom is -0.299 e. The van der Waals surface area contributed by atoms with Gasteiger partial charge in [0, 0.05) is 22.4 Å². The van der Waals surface area contributed by atoms with Crippen molar-refractivity contribution in [2.24, 2.45) is 29.6 Å². The molecule has 2 bridgehead atoms. The van der Waals surface area contributed by atoms with Crippen LogP contribution in [-0.2, 0) is 11.2 Å². The normalized spacial score (nSPS) is 38.3. The van der Waals surface area contributed by atoms with Crippen LogP contribution in [0, 0.1) is 29.6 Å². The topological polar surface area (TPSA) is 17.1 Å². The Kier molecular flexibility index (Phi) is 2.72. The van der Waals surface area contributed by atoms with Crippen molar-refractivity contribution in [1.29, 1.82) is 0 Å². The third-order valence-corrected chi connectivity index (χ3v) is 6.07. The zero-order valence-electron chi connectivity index (χ0n) is 10.6. The maximum Gasteiger partial charge on any atom is 0.140 e. The van der Waals surface area contributed by atoms with Crippen molar-refractivity contribution >= 4 is 29.0 Å². The van der Waals surface area contributed by atoms with Gasteiger partial charge < -0.3 is 0 Å². The molecule has 1 nitrogen and oxygen atoms in total. The number of fused-ring (bicyclic) bond motifs is 5. The third kappa shape index (κ3) is 1.86. The minimum absolute atomic E-state index is 0.345. The highest BCUT2D eigenvalue weighted by Crippen LogP contribution is 2.69. The van der Waals surface area contributed by atoms with Crippen LogP contribution in [0.4, 0.5) is 0 Å². The highest BCUT2D eigenvalue weighted by atomic mass is 35.5. The molecule has 3 aliphatic carbocycles. The van der Waals surface area contributed by atoms with Crippen LogP contribution in [0.5, 0.6) is 0 Å². The first-order chi connectivity index (χ1) is 9.15. The molecule has 0 aliphatic heterocycles. The maximum absolute atomic E-state index is 12.5. The predicted molar refractivity (Wildman–Crippen MR) is 76.5 cm³/mol. The van der Waals surface area contributed by atoms with Crippen molar-refractivity contribution in [2.75, 3.05) is 0 Å². The Morgan fingerprint density at radius 3 is 2.47 bits per heavy atom. The van der Waals surface area contributed by atoms with E-state index in [1.165, 1.54) is 19.3 Å². The van der Waals surface area contributed by atoms with E-state index in [0.717, 1.165) is 29.2 Å². The number of halogens is 2. The van der Waals surface area contributed by atoms with Crippen molar-refractivity contribution < 1.29 is 4.79 Å². The number of Topliss-reactive ketones (excluding diaryl/α,β-unsaturated/α-hetero) is 1. The van der Waals surface area contributed by atoms with Crippen LogP contribution in [-0.4, -0.2) is 5.78 Å². The van der Waals surface area contributed by atoms with E-state index in [0.29, 0.717) is 28.2 Å². The zero-order chi connectivity index (χ0) is 13.1. The quantitative estimate of drug-likeness (QED) is 0.808. The Morgan fingerprint density at radius 1 is 1.16 bits per heavy atom. The Bertz CT molecular complexity index is 538. The molecular weight excluding hydrogens is 279 g/mol. The van der Waals surface area contributed by atoms with Crippen molar-refractivity contribution in [3.8, 4) is 0 Å². The van der Waals surface area contributed by atoms with E-state index in [1.54, 1.807) is 6.07 Å². The fourth-order valence-electron chi connectivity index (χ4n) is 4.73. The molecule has 0 amide bonds. The molecule has 0 spiro atoms. The average molecular weight is 295 g/mol. The van der Waals surface area contributed by atoms with Crippen molar-refractivity contribution in [3.05, 3.63) is 33.8 Å². The van der Waals surface area contributed by atoms with Gasteiger partial charge in [-0.05, 0) is 60.6 Å². The molecule has 1 aromatic carbocycles. The molecule has 0 saturated heterocycles. The first-order valence-corrected chi connectivity index (χ1v) is 7.87. The number of rotatable bonds is 3. The summed E-state index contributed by atoms with van der Waals surface area (Å²) in [6.45, 7) is 0. The van der Waals surface area contributed by atoms with Gasteiger partial charge in [0.2, 0.25) is 0 Å².